The lowest BCUT2D eigenvalue weighted by molar-refractivity contribution is -0.117. The van der Waals surface area contributed by atoms with E-state index in [0.717, 1.165) is 18.4 Å². The predicted octanol–water partition coefficient (Wildman–Crippen LogP) is 3.74. The monoisotopic (exact) mass is 249 g/mol. The van der Waals surface area contributed by atoms with Crippen molar-refractivity contribution in [2.75, 3.05) is 0 Å². The minimum absolute atomic E-state index is 0.242. The zero-order chi connectivity index (χ0) is 12.1. The summed E-state index contributed by atoms with van der Waals surface area (Å²) in [6.45, 7) is 0. The fourth-order valence-corrected chi connectivity index (χ4v) is 2.33. The Bertz CT molecular complexity index is 440. The molecule has 0 aliphatic heterocycles. The maximum atomic E-state index is 11.9. The quantitative estimate of drug-likeness (QED) is 0.761. The van der Waals surface area contributed by atoms with Gasteiger partial charge >= 0.3 is 0 Å². The van der Waals surface area contributed by atoms with Gasteiger partial charge in [-0.05, 0) is 37.3 Å². The number of halogens is 1. The fraction of sp³-hybridized carbons (Fsp3) is 0.429. The lowest BCUT2D eigenvalue weighted by atomic mass is 9.94. The number of pyridine rings is 1. The Hall–Kier alpha value is -1.15. The second-order valence-electron chi connectivity index (χ2n) is 4.47. The van der Waals surface area contributed by atoms with Crippen LogP contribution < -0.4 is 0 Å². The van der Waals surface area contributed by atoms with E-state index >= 15 is 0 Å². The Labute approximate surface area is 107 Å². The number of carbonyl (C=O) groups excluding carboxylic acids is 1. The third-order valence-corrected chi connectivity index (χ3v) is 3.39. The SMILES string of the molecule is O=C(CC1=CCCCC1)Cc1ccncc1Cl. The van der Waals surface area contributed by atoms with E-state index in [0.29, 0.717) is 17.9 Å². The van der Waals surface area contributed by atoms with Gasteiger partial charge in [-0.2, -0.15) is 0 Å². The molecule has 0 spiro atoms. The second-order valence-corrected chi connectivity index (χ2v) is 4.87. The molecule has 1 aromatic heterocycles. The van der Waals surface area contributed by atoms with Crippen LogP contribution in [-0.4, -0.2) is 10.8 Å². The molecule has 1 heterocycles. The molecule has 0 amide bonds. The van der Waals surface area contributed by atoms with Crippen LogP contribution in [0.3, 0.4) is 0 Å². The van der Waals surface area contributed by atoms with Gasteiger partial charge in [0.1, 0.15) is 5.78 Å². The van der Waals surface area contributed by atoms with E-state index < -0.39 is 0 Å². The lowest BCUT2D eigenvalue weighted by Crippen LogP contribution is -2.06. The summed E-state index contributed by atoms with van der Waals surface area (Å²) in [6.07, 6.45) is 11.2. The average Bonchev–Trinajstić information content (AvgIpc) is 2.33. The molecule has 1 aliphatic rings. The highest BCUT2D eigenvalue weighted by Gasteiger charge is 2.11. The van der Waals surface area contributed by atoms with Crippen LogP contribution in [0.4, 0.5) is 0 Å². The Kier molecular flexibility index (Phi) is 4.32. The summed E-state index contributed by atoms with van der Waals surface area (Å²) < 4.78 is 0. The smallest absolute Gasteiger partial charge is 0.141 e. The summed E-state index contributed by atoms with van der Waals surface area (Å²) in [6, 6.07) is 1.81. The highest BCUT2D eigenvalue weighted by atomic mass is 35.5. The molecule has 3 heteroatoms. The summed E-state index contributed by atoms with van der Waals surface area (Å²) in [4.78, 5) is 15.8. The molecule has 0 saturated carbocycles. The van der Waals surface area contributed by atoms with Crippen molar-refractivity contribution in [3.63, 3.8) is 0 Å². The van der Waals surface area contributed by atoms with E-state index in [1.807, 2.05) is 6.07 Å². The van der Waals surface area contributed by atoms with Crippen molar-refractivity contribution in [2.45, 2.75) is 38.5 Å². The third-order valence-electron chi connectivity index (χ3n) is 3.05. The van der Waals surface area contributed by atoms with Gasteiger partial charge in [-0.25, -0.2) is 0 Å². The predicted molar refractivity (Wildman–Crippen MR) is 69.1 cm³/mol. The van der Waals surface area contributed by atoms with Crippen molar-refractivity contribution in [3.05, 3.63) is 40.7 Å². The zero-order valence-electron chi connectivity index (χ0n) is 9.79. The molecule has 0 aromatic carbocycles. The largest absolute Gasteiger partial charge is 0.299 e. The topological polar surface area (TPSA) is 30.0 Å². The zero-order valence-corrected chi connectivity index (χ0v) is 10.5. The summed E-state index contributed by atoms with van der Waals surface area (Å²) in [5.74, 6) is 0.242. The number of rotatable bonds is 4. The Morgan fingerprint density at radius 2 is 2.24 bits per heavy atom. The van der Waals surface area contributed by atoms with Crippen LogP contribution in [0.25, 0.3) is 0 Å². The van der Waals surface area contributed by atoms with Gasteiger partial charge in [0, 0.05) is 25.2 Å². The molecule has 0 bridgehead atoms. The van der Waals surface area contributed by atoms with Crippen molar-refractivity contribution < 1.29 is 4.79 Å². The molecule has 2 rings (SSSR count). The fourth-order valence-electron chi connectivity index (χ4n) is 2.14. The van der Waals surface area contributed by atoms with Crippen LogP contribution in [0, 0.1) is 0 Å². The minimum atomic E-state index is 0.242. The first-order valence-electron chi connectivity index (χ1n) is 6.03. The number of hydrogen-bond donors (Lipinski definition) is 0. The van der Waals surface area contributed by atoms with Gasteiger partial charge in [-0.15, -0.1) is 0 Å². The summed E-state index contributed by atoms with van der Waals surface area (Å²) in [5, 5.41) is 0.582. The Morgan fingerprint density at radius 3 is 2.94 bits per heavy atom. The standard InChI is InChI=1S/C14H16ClNO/c15-14-10-16-7-6-12(14)9-13(17)8-11-4-2-1-3-5-11/h4,6-7,10H,1-3,5,8-9H2. The summed E-state index contributed by atoms with van der Waals surface area (Å²) in [5.41, 5.74) is 2.18. The molecule has 90 valence electrons. The van der Waals surface area contributed by atoms with Crippen LogP contribution in [0.1, 0.15) is 37.7 Å². The van der Waals surface area contributed by atoms with Gasteiger partial charge in [0.05, 0.1) is 5.02 Å². The van der Waals surface area contributed by atoms with Crippen molar-refractivity contribution in [1.82, 2.24) is 4.98 Å². The maximum Gasteiger partial charge on any atom is 0.141 e. The first-order valence-corrected chi connectivity index (χ1v) is 6.41. The number of aromatic nitrogens is 1. The van der Waals surface area contributed by atoms with Crippen LogP contribution in [0.5, 0.6) is 0 Å². The average molecular weight is 250 g/mol. The summed E-state index contributed by atoms with van der Waals surface area (Å²) in [7, 11) is 0. The number of allylic oxidation sites excluding steroid dienone is 2. The van der Waals surface area contributed by atoms with Crippen molar-refractivity contribution >= 4 is 17.4 Å². The molecule has 0 atom stereocenters. The number of hydrogen-bond acceptors (Lipinski definition) is 2. The summed E-state index contributed by atoms with van der Waals surface area (Å²) >= 11 is 5.98. The van der Waals surface area contributed by atoms with Gasteiger partial charge in [-0.1, -0.05) is 23.3 Å². The number of Topliss-reactive ketones (excluding diaryl/α,β-unsaturated/α-hetero) is 1. The molecule has 0 unspecified atom stereocenters. The van der Waals surface area contributed by atoms with E-state index in [4.69, 9.17) is 11.6 Å². The Balaban J connectivity index is 1.93. The van der Waals surface area contributed by atoms with Gasteiger partial charge in [-0.3, -0.25) is 9.78 Å². The molecule has 17 heavy (non-hydrogen) atoms. The highest BCUT2D eigenvalue weighted by Crippen LogP contribution is 2.22. The Morgan fingerprint density at radius 1 is 1.35 bits per heavy atom. The molecular formula is C14H16ClNO. The van der Waals surface area contributed by atoms with Crippen LogP contribution >= 0.6 is 11.6 Å². The molecule has 0 fully saturated rings. The first-order chi connectivity index (χ1) is 8.25. The van der Waals surface area contributed by atoms with Crippen LogP contribution in [-0.2, 0) is 11.2 Å². The van der Waals surface area contributed by atoms with Crippen molar-refractivity contribution in [2.24, 2.45) is 0 Å². The molecule has 1 aromatic rings. The molecule has 1 aliphatic carbocycles. The van der Waals surface area contributed by atoms with Gasteiger partial charge in [0.15, 0.2) is 0 Å². The van der Waals surface area contributed by atoms with Crippen LogP contribution in [0.2, 0.25) is 5.02 Å². The van der Waals surface area contributed by atoms with E-state index in [1.165, 1.54) is 18.4 Å². The first kappa shape index (κ1) is 12.3. The third kappa shape index (κ3) is 3.67. The lowest BCUT2D eigenvalue weighted by Gasteiger charge is -2.11. The van der Waals surface area contributed by atoms with Crippen LogP contribution in [0.15, 0.2) is 30.1 Å². The highest BCUT2D eigenvalue weighted by molar-refractivity contribution is 6.31. The number of nitrogens with zero attached hydrogens (tertiary/aromatic N) is 1. The molecule has 2 nitrogen and oxygen atoms in total. The molecular weight excluding hydrogens is 234 g/mol. The number of carbonyl (C=O) groups is 1. The normalized spacial score (nSPS) is 15.5. The second kappa shape index (κ2) is 5.97. The number of ketones is 1. The van der Waals surface area contributed by atoms with E-state index in [1.54, 1.807) is 12.4 Å². The van der Waals surface area contributed by atoms with E-state index in [-0.39, 0.29) is 5.78 Å². The minimum Gasteiger partial charge on any atom is -0.299 e. The molecule has 0 N–H and O–H groups in total. The van der Waals surface area contributed by atoms with E-state index in [2.05, 4.69) is 11.1 Å². The van der Waals surface area contributed by atoms with Gasteiger partial charge < -0.3 is 0 Å². The van der Waals surface area contributed by atoms with Gasteiger partial charge in [0.2, 0.25) is 0 Å². The van der Waals surface area contributed by atoms with Crippen molar-refractivity contribution in [1.29, 1.82) is 0 Å². The van der Waals surface area contributed by atoms with Crippen molar-refractivity contribution in [3.8, 4) is 0 Å². The molecule has 0 saturated heterocycles. The van der Waals surface area contributed by atoms with E-state index in [9.17, 15) is 4.79 Å². The maximum absolute atomic E-state index is 11.9. The molecule has 0 radical (unpaired) electrons. The van der Waals surface area contributed by atoms with Gasteiger partial charge in [0.25, 0.3) is 0 Å².